The maximum atomic E-state index is 13.9. The molecule has 0 radical (unpaired) electrons. The summed E-state index contributed by atoms with van der Waals surface area (Å²) in [7, 11) is 4.47. The summed E-state index contributed by atoms with van der Waals surface area (Å²) in [6.45, 7) is -0.121. The van der Waals surface area contributed by atoms with Gasteiger partial charge in [0.15, 0.2) is 11.5 Å². The third-order valence-electron chi connectivity index (χ3n) is 4.14. The summed E-state index contributed by atoms with van der Waals surface area (Å²) >= 11 is 0.802. The Balaban J connectivity index is 1.90. The highest BCUT2D eigenvalue weighted by Gasteiger charge is 2.35. The van der Waals surface area contributed by atoms with Gasteiger partial charge in [0.1, 0.15) is 5.82 Å². The number of carbonyl (C=O) groups is 2. The van der Waals surface area contributed by atoms with E-state index in [1.165, 1.54) is 27.4 Å². The van der Waals surface area contributed by atoms with Gasteiger partial charge in [0.25, 0.3) is 11.1 Å². The summed E-state index contributed by atoms with van der Waals surface area (Å²) in [6.07, 6.45) is 1.57. The lowest BCUT2D eigenvalue weighted by atomic mass is 10.1. The number of rotatable bonds is 6. The molecule has 6 nitrogen and oxygen atoms in total. The summed E-state index contributed by atoms with van der Waals surface area (Å²) in [5.74, 6) is 0.342. The molecule has 1 saturated heterocycles. The summed E-state index contributed by atoms with van der Waals surface area (Å²) in [5.41, 5.74) is 0.879. The Morgan fingerprint density at radius 1 is 1.04 bits per heavy atom. The second kappa shape index (κ2) is 8.35. The topological polar surface area (TPSA) is 65.1 Å². The molecule has 0 bridgehead atoms. The fraction of sp³-hybridized carbons (Fsp3) is 0.200. The summed E-state index contributed by atoms with van der Waals surface area (Å²) in [4.78, 5) is 26.2. The van der Waals surface area contributed by atoms with Gasteiger partial charge in [0, 0.05) is 5.56 Å². The van der Waals surface area contributed by atoms with Gasteiger partial charge in [-0.2, -0.15) is 0 Å². The number of carbonyl (C=O) groups excluding carboxylic acids is 2. The van der Waals surface area contributed by atoms with Crippen molar-refractivity contribution in [2.75, 3.05) is 21.3 Å². The van der Waals surface area contributed by atoms with Crippen LogP contribution in [0.5, 0.6) is 17.2 Å². The molecule has 1 heterocycles. The van der Waals surface area contributed by atoms with Crippen molar-refractivity contribution in [2.24, 2.45) is 0 Å². The van der Waals surface area contributed by atoms with Gasteiger partial charge in [-0.1, -0.05) is 18.2 Å². The van der Waals surface area contributed by atoms with E-state index in [0.29, 0.717) is 22.8 Å². The van der Waals surface area contributed by atoms with Crippen LogP contribution in [0.2, 0.25) is 0 Å². The second-order valence-corrected chi connectivity index (χ2v) is 6.81. The number of thioether (sulfide) groups is 1. The first-order valence-corrected chi connectivity index (χ1v) is 9.09. The van der Waals surface area contributed by atoms with Gasteiger partial charge in [-0.25, -0.2) is 4.39 Å². The van der Waals surface area contributed by atoms with Gasteiger partial charge >= 0.3 is 0 Å². The van der Waals surface area contributed by atoms with E-state index in [9.17, 15) is 14.0 Å². The van der Waals surface area contributed by atoms with Crippen molar-refractivity contribution < 1.29 is 28.2 Å². The number of imide groups is 1. The molecule has 0 unspecified atom stereocenters. The largest absolute Gasteiger partial charge is 0.493 e. The van der Waals surface area contributed by atoms with Crippen molar-refractivity contribution in [1.29, 1.82) is 0 Å². The lowest BCUT2D eigenvalue weighted by Gasteiger charge is -2.13. The molecule has 0 atom stereocenters. The third-order valence-corrected chi connectivity index (χ3v) is 5.05. The molecule has 0 aliphatic carbocycles. The Labute approximate surface area is 165 Å². The summed E-state index contributed by atoms with van der Waals surface area (Å²) in [6, 6.07) is 9.39. The average molecular weight is 403 g/mol. The van der Waals surface area contributed by atoms with Crippen molar-refractivity contribution in [1.82, 2.24) is 4.90 Å². The van der Waals surface area contributed by atoms with E-state index in [1.807, 2.05) is 0 Å². The van der Waals surface area contributed by atoms with E-state index in [4.69, 9.17) is 14.2 Å². The minimum atomic E-state index is -0.480. The molecule has 2 amide bonds. The molecule has 2 aromatic rings. The first-order valence-electron chi connectivity index (χ1n) is 8.27. The minimum Gasteiger partial charge on any atom is -0.493 e. The maximum absolute atomic E-state index is 13.9. The van der Waals surface area contributed by atoms with Crippen LogP contribution in [-0.2, 0) is 11.3 Å². The van der Waals surface area contributed by atoms with Gasteiger partial charge < -0.3 is 14.2 Å². The molecular weight excluding hydrogens is 385 g/mol. The van der Waals surface area contributed by atoms with Crippen LogP contribution in [0.25, 0.3) is 6.08 Å². The van der Waals surface area contributed by atoms with Crippen LogP contribution in [0, 0.1) is 5.82 Å². The van der Waals surface area contributed by atoms with Gasteiger partial charge in [-0.3, -0.25) is 14.5 Å². The van der Waals surface area contributed by atoms with E-state index in [-0.39, 0.29) is 17.0 Å². The highest BCUT2D eigenvalue weighted by atomic mass is 32.2. The molecule has 1 fully saturated rings. The number of benzene rings is 2. The average Bonchev–Trinajstić information content (AvgIpc) is 2.96. The summed E-state index contributed by atoms with van der Waals surface area (Å²) in [5, 5.41) is -0.452. The van der Waals surface area contributed by atoms with Gasteiger partial charge in [-0.05, 0) is 41.6 Å². The lowest BCUT2D eigenvalue weighted by Crippen LogP contribution is -2.27. The smallest absolute Gasteiger partial charge is 0.293 e. The zero-order valence-electron chi connectivity index (χ0n) is 15.5. The zero-order valence-corrected chi connectivity index (χ0v) is 16.3. The highest BCUT2D eigenvalue weighted by molar-refractivity contribution is 8.18. The number of methoxy groups -OCH3 is 3. The minimum absolute atomic E-state index is 0.121. The number of ether oxygens (including phenoxy) is 3. The Morgan fingerprint density at radius 2 is 1.68 bits per heavy atom. The van der Waals surface area contributed by atoms with E-state index in [0.717, 1.165) is 16.7 Å². The van der Waals surface area contributed by atoms with Crippen LogP contribution in [0.3, 0.4) is 0 Å². The van der Waals surface area contributed by atoms with Crippen LogP contribution in [0.4, 0.5) is 9.18 Å². The zero-order chi connectivity index (χ0) is 20.3. The molecule has 2 aromatic carbocycles. The Hall–Kier alpha value is -3.00. The molecular formula is C20H18FNO5S. The molecule has 0 saturated carbocycles. The molecule has 0 N–H and O–H groups in total. The molecule has 3 rings (SSSR count). The molecule has 0 aromatic heterocycles. The summed E-state index contributed by atoms with van der Waals surface area (Å²) < 4.78 is 29.7. The molecule has 8 heteroatoms. The predicted molar refractivity (Wildman–Crippen MR) is 104 cm³/mol. The van der Waals surface area contributed by atoms with Crippen molar-refractivity contribution >= 4 is 29.0 Å². The SMILES string of the molecule is COc1cc(/C=C2/SC(=O)N(Cc3ccccc3F)C2=O)cc(OC)c1OC. The Bertz CT molecular complexity index is 934. The van der Waals surface area contributed by atoms with Crippen LogP contribution in [-0.4, -0.2) is 37.4 Å². The van der Waals surface area contributed by atoms with Crippen molar-refractivity contribution in [3.05, 3.63) is 58.2 Å². The van der Waals surface area contributed by atoms with Gasteiger partial charge in [0.2, 0.25) is 5.75 Å². The molecule has 146 valence electrons. The monoisotopic (exact) mass is 403 g/mol. The van der Waals surface area contributed by atoms with E-state index < -0.39 is 17.0 Å². The van der Waals surface area contributed by atoms with E-state index in [1.54, 1.807) is 36.4 Å². The van der Waals surface area contributed by atoms with E-state index in [2.05, 4.69) is 0 Å². The number of nitrogens with zero attached hydrogens (tertiary/aromatic N) is 1. The number of hydrogen-bond acceptors (Lipinski definition) is 6. The molecule has 0 spiro atoms. The highest BCUT2D eigenvalue weighted by Crippen LogP contribution is 2.40. The van der Waals surface area contributed by atoms with Crippen LogP contribution in [0.15, 0.2) is 41.3 Å². The van der Waals surface area contributed by atoms with Crippen molar-refractivity contribution in [2.45, 2.75) is 6.54 Å². The fourth-order valence-electron chi connectivity index (χ4n) is 2.77. The number of hydrogen-bond donors (Lipinski definition) is 0. The first kappa shape index (κ1) is 19.8. The van der Waals surface area contributed by atoms with Gasteiger partial charge in [0.05, 0.1) is 32.8 Å². The molecule has 1 aliphatic rings. The van der Waals surface area contributed by atoms with Gasteiger partial charge in [-0.15, -0.1) is 0 Å². The lowest BCUT2D eigenvalue weighted by molar-refractivity contribution is -0.123. The van der Waals surface area contributed by atoms with Crippen molar-refractivity contribution in [3.63, 3.8) is 0 Å². The normalized spacial score (nSPS) is 15.3. The third kappa shape index (κ3) is 3.82. The molecule has 28 heavy (non-hydrogen) atoms. The van der Waals surface area contributed by atoms with Crippen LogP contribution >= 0.6 is 11.8 Å². The number of amides is 2. The maximum Gasteiger partial charge on any atom is 0.293 e. The number of halogens is 1. The van der Waals surface area contributed by atoms with E-state index >= 15 is 0 Å². The van der Waals surface area contributed by atoms with Crippen LogP contribution < -0.4 is 14.2 Å². The van der Waals surface area contributed by atoms with Crippen molar-refractivity contribution in [3.8, 4) is 17.2 Å². The quantitative estimate of drug-likeness (QED) is 0.677. The van der Waals surface area contributed by atoms with Crippen LogP contribution in [0.1, 0.15) is 11.1 Å². The predicted octanol–water partition coefficient (Wildman–Crippen LogP) is 4.09. The Morgan fingerprint density at radius 3 is 2.25 bits per heavy atom. The first-order chi connectivity index (χ1) is 13.5. The second-order valence-electron chi connectivity index (χ2n) is 5.82. The fourth-order valence-corrected chi connectivity index (χ4v) is 3.61. The molecule has 1 aliphatic heterocycles. The Kier molecular flexibility index (Phi) is 5.89. The standard InChI is InChI=1S/C20H18FNO5S/c1-25-15-8-12(9-16(26-2)18(15)27-3)10-17-19(23)22(20(24)28-17)11-13-6-4-5-7-14(13)21/h4-10H,11H2,1-3H3/b17-10+.